The van der Waals surface area contributed by atoms with E-state index in [1.807, 2.05) is 6.07 Å². The third kappa shape index (κ3) is 4.74. The van der Waals surface area contributed by atoms with Gasteiger partial charge in [-0.3, -0.25) is 0 Å². The molecule has 3 nitrogen and oxygen atoms in total. The largest absolute Gasteiger partial charge is 0.477 e. The summed E-state index contributed by atoms with van der Waals surface area (Å²) in [7, 11) is 0. The van der Waals surface area contributed by atoms with Crippen molar-refractivity contribution in [1.29, 1.82) is 5.26 Å². The van der Waals surface area contributed by atoms with Crippen molar-refractivity contribution in [2.24, 2.45) is 0 Å². The van der Waals surface area contributed by atoms with E-state index in [-0.39, 0.29) is 0 Å². The lowest BCUT2D eigenvalue weighted by Gasteiger charge is -2.16. The summed E-state index contributed by atoms with van der Waals surface area (Å²) < 4.78 is 5.77. The first-order valence-corrected chi connectivity index (χ1v) is 8.41. The molecule has 1 aromatic rings. The third-order valence-corrected chi connectivity index (χ3v) is 4.12. The minimum atomic E-state index is 0.548. The lowest BCUT2D eigenvalue weighted by Crippen LogP contribution is -2.09. The molecule has 0 fully saturated rings. The molecule has 0 aromatic carbocycles. The molecule has 0 bridgehead atoms. The molecule has 1 heterocycles. The Bertz CT molecular complexity index is 491. The summed E-state index contributed by atoms with van der Waals surface area (Å²) in [5, 5.41) is 9.25. The maximum Gasteiger partial charge on any atom is 0.231 e. The van der Waals surface area contributed by atoms with Gasteiger partial charge in [-0.25, -0.2) is 4.98 Å². The lowest BCUT2D eigenvalue weighted by atomic mass is 9.95. The van der Waals surface area contributed by atoms with Crippen LogP contribution in [0.1, 0.15) is 75.1 Å². The van der Waals surface area contributed by atoms with Crippen molar-refractivity contribution >= 4 is 0 Å². The van der Waals surface area contributed by atoms with Crippen LogP contribution in [0.3, 0.4) is 0 Å². The van der Waals surface area contributed by atoms with E-state index >= 15 is 0 Å². The maximum absolute atomic E-state index is 9.25. The first-order chi connectivity index (χ1) is 10.3. The molecular formula is C18H26N2O. The Balaban J connectivity index is 1.83. The van der Waals surface area contributed by atoms with Gasteiger partial charge in [0.2, 0.25) is 5.88 Å². The smallest absolute Gasteiger partial charge is 0.231 e. The van der Waals surface area contributed by atoms with Crippen LogP contribution in [0.15, 0.2) is 6.07 Å². The van der Waals surface area contributed by atoms with E-state index in [4.69, 9.17) is 4.74 Å². The Morgan fingerprint density at radius 3 is 2.71 bits per heavy atom. The number of aromatic nitrogens is 1. The average molecular weight is 286 g/mol. The van der Waals surface area contributed by atoms with Crippen LogP contribution in [-0.2, 0) is 12.8 Å². The third-order valence-electron chi connectivity index (χ3n) is 4.12. The van der Waals surface area contributed by atoms with Crippen molar-refractivity contribution in [1.82, 2.24) is 4.98 Å². The normalized spacial score (nSPS) is 13.5. The van der Waals surface area contributed by atoms with E-state index in [9.17, 15) is 5.26 Å². The van der Waals surface area contributed by atoms with Crippen molar-refractivity contribution in [3.63, 3.8) is 0 Å². The molecule has 0 atom stereocenters. The Hall–Kier alpha value is -1.56. The fourth-order valence-electron chi connectivity index (χ4n) is 2.86. The minimum absolute atomic E-state index is 0.548. The number of unbranched alkanes of at least 4 members (excludes halogenated alkanes) is 5. The molecule has 3 heteroatoms. The molecule has 0 N–H and O–H groups in total. The first kappa shape index (κ1) is 15.8. The highest BCUT2D eigenvalue weighted by Gasteiger charge is 2.15. The summed E-state index contributed by atoms with van der Waals surface area (Å²) in [6, 6.07) is 4.21. The van der Waals surface area contributed by atoms with Gasteiger partial charge in [0.05, 0.1) is 6.61 Å². The average Bonchev–Trinajstić information content (AvgIpc) is 2.53. The van der Waals surface area contributed by atoms with Gasteiger partial charge in [0, 0.05) is 5.69 Å². The summed E-state index contributed by atoms with van der Waals surface area (Å²) in [4.78, 5) is 4.59. The SMILES string of the molecule is CCCCCCCCOc1nc2c(cc1C#N)CCCC2. The van der Waals surface area contributed by atoms with Crippen LogP contribution in [0.5, 0.6) is 5.88 Å². The van der Waals surface area contributed by atoms with Gasteiger partial charge in [0.25, 0.3) is 0 Å². The van der Waals surface area contributed by atoms with E-state index in [0.717, 1.165) is 25.0 Å². The number of nitriles is 1. The van der Waals surface area contributed by atoms with Crippen LogP contribution in [0.4, 0.5) is 0 Å². The Kier molecular flexibility index (Phi) is 6.53. The van der Waals surface area contributed by atoms with Crippen LogP contribution in [0, 0.1) is 11.3 Å². The summed E-state index contributed by atoms with van der Waals surface area (Å²) in [6.07, 6.45) is 11.9. The number of pyridine rings is 1. The number of hydrogen-bond donors (Lipinski definition) is 0. The van der Waals surface area contributed by atoms with Crippen LogP contribution < -0.4 is 4.74 Å². The molecule has 0 spiro atoms. The van der Waals surface area contributed by atoms with Crippen molar-refractivity contribution in [2.75, 3.05) is 6.61 Å². The van der Waals surface area contributed by atoms with Gasteiger partial charge in [-0.15, -0.1) is 0 Å². The predicted molar refractivity (Wildman–Crippen MR) is 84.5 cm³/mol. The monoisotopic (exact) mass is 286 g/mol. The van der Waals surface area contributed by atoms with Gasteiger partial charge in [0.1, 0.15) is 11.6 Å². The molecule has 2 rings (SSSR count). The molecule has 0 saturated heterocycles. The molecule has 21 heavy (non-hydrogen) atoms. The second-order valence-corrected chi connectivity index (χ2v) is 5.88. The fourth-order valence-corrected chi connectivity index (χ4v) is 2.86. The molecule has 1 aromatic heterocycles. The van der Waals surface area contributed by atoms with Crippen LogP contribution >= 0.6 is 0 Å². The van der Waals surface area contributed by atoms with E-state index < -0.39 is 0 Å². The van der Waals surface area contributed by atoms with Crippen molar-refractivity contribution in [3.8, 4) is 11.9 Å². The highest BCUT2D eigenvalue weighted by molar-refractivity contribution is 5.43. The number of ether oxygens (including phenoxy) is 1. The zero-order valence-corrected chi connectivity index (χ0v) is 13.2. The lowest BCUT2D eigenvalue weighted by molar-refractivity contribution is 0.291. The van der Waals surface area contributed by atoms with Crippen LogP contribution in [-0.4, -0.2) is 11.6 Å². The quantitative estimate of drug-likeness (QED) is 0.657. The van der Waals surface area contributed by atoms with Gasteiger partial charge < -0.3 is 4.74 Å². The molecule has 0 saturated carbocycles. The number of hydrogen-bond acceptors (Lipinski definition) is 3. The zero-order chi connectivity index (χ0) is 14.9. The molecule has 0 amide bonds. The number of fused-ring (bicyclic) bond motifs is 1. The number of aryl methyl sites for hydroxylation is 2. The molecule has 1 aliphatic rings. The summed E-state index contributed by atoms with van der Waals surface area (Å²) in [5.41, 5.74) is 2.98. The first-order valence-electron chi connectivity index (χ1n) is 8.41. The van der Waals surface area contributed by atoms with Gasteiger partial charge in [-0.2, -0.15) is 5.26 Å². The minimum Gasteiger partial charge on any atom is -0.477 e. The van der Waals surface area contributed by atoms with Crippen molar-refractivity contribution in [2.45, 2.75) is 71.1 Å². The van der Waals surface area contributed by atoms with Crippen LogP contribution in [0.25, 0.3) is 0 Å². The number of nitrogens with zero attached hydrogens (tertiary/aromatic N) is 2. The van der Waals surface area contributed by atoms with E-state index in [1.165, 1.54) is 50.5 Å². The highest BCUT2D eigenvalue weighted by Crippen LogP contribution is 2.25. The molecule has 0 unspecified atom stereocenters. The standard InChI is InChI=1S/C18H26N2O/c1-2-3-4-5-6-9-12-21-18-16(14-19)13-15-10-7-8-11-17(15)20-18/h13H,2-12H2,1H3. The van der Waals surface area contributed by atoms with Gasteiger partial charge >= 0.3 is 0 Å². The Morgan fingerprint density at radius 2 is 1.90 bits per heavy atom. The Morgan fingerprint density at radius 1 is 1.14 bits per heavy atom. The topological polar surface area (TPSA) is 45.9 Å². The fraction of sp³-hybridized carbons (Fsp3) is 0.667. The van der Waals surface area contributed by atoms with Crippen molar-refractivity contribution < 1.29 is 4.74 Å². The molecule has 114 valence electrons. The number of rotatable bonds is 8. The van der Waals surface area contributed by atoms with Gasteiger partial charge in [-0.1, -0.05) is 39.0 Å². The molecule has 0 radical (unpaired) electrons. The highest BCUT2D eigenvalue weighted by atomic mass is 16.5. The van der Waals surface area contributed by atoms with Gasteiger partial charge in [0.15, 0.2) is 0 Å². The second-order valence-electron chi connectivity index (χ2n) is 5.88. The summed E-state index contributed by atoms with van der Waals surface area (Å²) in [5.74, 6) is 0.548. The Labute approximate surface area is 128 Å². The van der Waals surface area contributed by atoms with E-state index in [0.29, 0.717) is 18.1 Å². The van der Waals surface area contributed by atoms with Gasteiger partial charge in [-0.05, 0) is 43.7 Å². The molecular weight excluding hydrogens is 260 g/mol. The van der Waals surface area contributed by atoms with E-state index in [1.54, 1.807) is 0 Å². The maximum atomic E-state index is 9.25. The summed E-state index contributed by atoms with van der Waals surface area (Å²) in [6.45, 7) is 2.90. The van der Waals surface area contributed by atoms with Crippen LogP contribution in [0.2, 0.25) is 0 Å². The predicted octanol–water partition coefficient (Wildman–Crippen LogP) is 4.57. The van der Waals surface area contributed by atoms with Crippen molar-refractivity contribution in [3.05, 3.63) is 22.9 Å². The molecule has 0 aliphatic heterocycles. The second kappa shape index (κ2) is 8.67. The zero-order valence-electron chi connectivity index (χ0n) is 13.2. The molecule has 1 aliphatic carbocycles. The summed E-state index contributed by atoms with van der Waals surface area (Å²) >= 11 is 0. The van der Waals surface area contributed by atoms with E-state index in [2.05, 4.69) is 18.0 Å².